The molecule has 30 heavy (non-hydrogen) atoms. The average Bonchev–Trinajstić information content (AvgIpc) is 3.38. The number of carbonyl (C=O) groups is 1. The first-order valence-electron chi connectivity index (χ1n) is 10.4. The van der Waals surface area contributed by atoms with Gasteiger partial charge in [0.25, 0.3) is 0 Å². The Morgan fingerprint density at radius 1 is 1.17 bits per heavy atom. The lowest BCUT2D eigenvalue weighted by Crippen LogP contribution is -2.40. The van der Waals surface area contributed by atoms with Crippen LogP contribution in [0.2, 0.25) is 0 Å². The second kappa shape index (κ2) is 8.10. The Bertz CT molecular complexity index is 1200. The fourth-order valence-electron chi connectivity index (χ4n) is 4.24. The molecule has 0 aliphatic carbocycles. The highest BCUT2D eigenvalue weighted by Crippen LogP contribution is 2.28. The van der Waals surface area contributed by atoms with Gasteiger partial charge in [-0.15, -0.1) is 10.2 Å². The molecule has 1 aromatic carbocycles. The summed E-state index contributed by atoms with van der Waals surface area (Å²) in [4.78, 5) is 19.7. The summed E-state index contributed by atoms with van der Waals surface area (Å²) in [7, 11) is 0. The van der Waals surface area contributed by atoms with Gasteiger partial charge in [-0.1, -0.05) is 30.0 Å². The van der Waals surface area contributed by atoms with E-state index in [9.17, 15) is 4.79 Å². The van der Waals surface area contributed by atoms with Gasteiger partial charge in [0, 0.05) is 31.7 Å². The van der Waals surface area contributed by atoms with E-state index in [4.69, 9.17) is 4.98 Å². The Labute approximate surface area is 179 Å². The van der Waals surface area contributed by atoms with E-state index >= 15 is 0 Å². The van der Waals surface area contributed by atoms with E-state index in [0.29, 0.717) is 12.3 Å². The summed E-state index contributed by atoms with van der Waals surface area (Å²) >= 11 is 1.53. The van der Waals surface area contributed by atoms with Crippen molar-refractivity contribution in [1.29, 1.82) is 0 Å². The second-order valence-electron chi connectivity index (χ2n) is 7.58. The number of imidazole rings is 1. The minimum absolute atomic E-state index is 0.160. The Kier molecular flexibility index (Phi) is 5.16. The van der Waals surface area contributed by atoms with Crippen LogP contribution in [0.25, 0.3) is 16.7 Å². The van der Waals surface area contributed by atoms with Gasteiger partial charge in [-0.3, -0.25) is 9.20 Å². The van der Waals surface area contributed by atoms with Gasteiger partial charge in [-0.2, -0.15) is 0 Å². The van der Waals surface area contributed by atoms with Gasteiger partial charge in [-0.25, -0.2) is 4.98 Å². The fourth-order valence-corrected chi connectivity index (χ4v) is 5.22. The topological polar surface area (TPSA) is 68.3 Å². The predicted octanol–water partition coefficient (Wildman–Crippen LogP) is 3.60. The van der Waals surface area contributed by atoms with Crippen LogP contribution in [0.4, 0.5) is 0 Å². The van der Waals surface area contributed by atoms with Crippen LogP contribution in [0, 0.1) is 0 Å². The van der Waals surface area contributed by atoms with Gasteiger partial charge in [0.2, 0.25) is 5.91 Å². The third kappa shape index (κ3) is 3.45. The number of rotatable bonds is 5. The largest absolute Gasteiger partial charge is 0.341 e. The number of aryl methyl sites for hydroxylation is 1. The zero-order valence-electron chi connectivity index (χ0n) is 16.9. The molecule has 4 heterocycles. The summed E-state index contributed by atoms with van der Waals surface area (Å²) in [6.45, 7) is 4.44. The molecule has 4 aromatic rings. The van der Waals surface area contributed by atoms with Crippen LogP contribution in [-0.2, 0) is 11.3 Å². The maximum absolute atomic E-state index is 13.0. The average molecular weight is 421 g/mol. The highest BCUT2D eigenvalue weighted by Gasteiger charge is 2.28. The molecular weight excluding hydrogens is 396 g/mol. The number of carbonyl (C=O) groups excluding carboxylic acids is 1. The quantitative estimate of drug-likeness (QED) is 0.462. The van der Waals surface area contributed by atoms with E-state index in [1.807, 2.05) is 51.9 Å². The smallest absolute Gasteiger partial charge is 0.233 e. The third-order valence-corrected chi connectivity index (χ3v) is 6.70. The molecule has 0 bridgehead atoms. The zero-order chi connectivity index (χ0) is 20.5. The van der Waals surface area contributed by atoms with Crippen LogP contribution in [0.5, 0.6) is 0 Å². The third-order valence-electron chi connectivity index (χ3n) is 5.74. The first-order chi connectivity index (χ1) is 14.7. The number of benzene rings is 1. The van der Waals surface area contributed by atoms with E-state index in [-0.39, 0.29) is 11.8 Å². The van der Waals surface area contributed by atoms with E-state index in [1.165, 1.54) is 11.8 Å². The van der Waals surface area contributed by atoms with Gasteiger partial charge in [0.05, 0.1) is 16.8 Å². The Morgan fingerprint density at radius 2 is 2.03 bits per heavy atom. The first-order valence-corrected chi connectivity index (χ1v) is 11.4. The molecule has 1 saturated heterocycles. The zero-order valence-corrected chi connectivity index (χ0v) is 17.8. The molecule has 1 atom stereocenters. The van der Waals surface area contributed by atoms with Crippen LogP contribution < -0.4 is 0 Å². The van der Waals surface area contributed by atoms with E-state index in [0.717, 1.165) is 53.6 Å². The van der Waals surface area contributed by atoms with Crippen LogP contribution in [0.15, 0.2) is 53.8 Å². The Hall–Kier alpha value is -2.87. The second-order valence-corrected chi connectivity index (χ2v) is 8.52. The van der Waals surface area contributed by atoms with Crippen molar-refractivity contribution in [2.45, 2.75) is 37.4 Å². The summed E-state index contributed by atoms with van der Waals surface area (Å²) in [5.41, 5.74) is 2.95. The van der Waals surface area contributed by atoms with E-state index in [1.54, 1.807) is 0 Å². The molecule has 154 valence electrons. The number of likely N-dealkylation sites (tertiary alicyclic amines) is 1. The number of thioether (sulfide) groups is 1. The number of para-hydroxylation sites is 2. The van der Waals surface area contributed by atoms with Crippen LogP contribution in [0.3, 0.4) is 0 Å². The summed E-state index contributed by atoms with van der Waals surface area (Å²) in [6, 6.07) is 14.0. The van der Waals surface area contributed by atoms with Crippen molar-refractivity contribution in [3.8, 4) is 0 Å². The minimum atomic E-state index is 0.160. The fraction of sp³-hybridized carbons (Fsp3) is 0.364. The number of aromatic nitrogens is 5. The normalized spacial score (nSPS) is 17.1. The van der Waals surface area contributed by atoms with E-state index < -0.39 is 0 Å². The number of amides is 1. The summed E-state index contributed by atoms with van der Waals surface area (Å²) in [5.74, 6) is 1.72. The molecule has 1 unspecified atom stereocenters. The molecule has 7 nitrogen and oxygen atoms in total. The van der Waals surface area contributed by atoms with Crippen LogP contribution in [-0.4, -0.2) is 53.8 Å². The van der Waals surface area contributed by atoms with Gasteiger partial charge in [0.15, 0.2) is 10.8 Å². The molecule has 1 aliphatic heterocycles. The summed E-state index contributed by atoms with van der Waals surface area (Å²) < 4.78 is 4.21. The van der Waals surface area contributed by atoms with Crippen LogP contribution >= 0.6 is 11.8 Å². The molecule has 8 heteroatoms. The molecule has 5 rings (SSSR count). The number of hydrogen-bond acceptors (Lipinski definition) is 5. The summed E-state index contributed by atoms with van der Waals surface area (Å²) in [6.07, 6.45) is 4.01. The van der Waals surface area contributed by atoms with Crippen molar-refractivity contribution in [3.05, 3.63) is 54.5 Å². The molecule has 0 radical (unpaired) electrons. The van der Waals surface area contributed by atoms with Gasteiger partial charge in [-0.05, 0) is 44.0 Å². The lowest BCUT2D eigenvalue weighted by Gasteiger charge is -2.32. The number of piperidine rings is 1. The SMILES string of the molecule is CCn1c(SCC(=O)N2CCCC(c3nnc4ccccn34)C2)nc2ccccc21. The van der Waals surface area contributed by atoms with Crippen molar-refractivity contribution < 1.29 is 4.79 Å². The van der Waals surface area contributed by atoms with E-state index in [2.05, 4.69) is 27.8 Å². The van der Waals surface area contributed by atoms with Gasteiger partial charge >= 0.3 is 0 Å². The van der Waals surface area contributed by atoms with Crippen molar-refractivity contribution >= 4 is 34.3 Å². The molecule has 1 amide bonds. The highest BCUT2D eigenvalue weighted by atomic mass is 32.2. The Morgan fingerprint density at radius 3 is 2.93 bits per heavy atom. The maximum atomic E-state index is 13.0. The Balaban J connectivity index is 1.29. The van der Waals surface area contributed by atoms with Crippen LogP contribution in [0.1, 0.15) is 31.5 Å². The number of pyridine rings is 1. The lowest BCUT2D eigenvalue weighted by molar-refractivity contribution is -0.129. The predicted molar refractivity (Wildman–Crippen MR) is 118 cm³/mol. The maximum Gasteiger partial charge on any atom is 0.233 e. The van der Waals surface area contributed by atoms with Crippen molar-refractivity contribution in [2.24, 2.45) is 0 Å². The monoisotopic (exact) mass is 420 g/mol. The highest BCUT2D eigenvalue weighted by molar-refractivity contribution is 7.99. The van der Waals surface area contributed by atoms with Crippen molar-refractivity contribution in [2.75, 3.05) is 18.8 Å². The summed E-state index contributed by atoms with van der Waals surface area (Å²) in [5, 5.41) is 9.59. The standard InChI is InChI=1S/C22H24N6OS/c1-2-27-18-10-4-3-9-17(18)23-22(27)30-15-20(29)26-12-7-8-16(14-26)21-25-24-19-11-5-6-13-28(19)21/h3-6,9-11,13,16H,2,7-8,12,14-15H2,1H3. The first kappa shape index (κ1) is 19.1. The number of nitrogens with zero attached hydrogens (tertiary/aromatic N) is 6. The molecule has 0 N–H and O–H groups in total. The van der Waals surface area contributed by atoms with Gasteiger partial charge < -0.3 is 9.47 Å². The van der Waals surface area contributed by atoms with Crippen molar-refractivity contribution in [1.82, 2.24) is 29.0 Å². The molecule has 3 aromatic heterocycles. The molecule has 1 fully saturated rings. The van der Waals surface area contributed by atoms with Crippen molar-refractivity contribution in [3.63, 3.8) is 0 Å². The van der Waals surface area contributed by atoms with Gasteiger partial charge in [0.1, 0.15) is 5.82 Å². The number of hydrogen-bond donors (Lipinski definition) is 0. The molecular formula is C22H24N6OS. The minimum Gasteiger partial charge on any atom is -0.341 e. The molecule has 0 spiro atoms. The molecule has 1 aliphatic rings. The number of fused-ring (bicyclic) bond motifs is 2. The lowest BCUT2D eigenvalue weighted by atomic mass is 9.97. The molecule has 0 saturated carbocycles.